The van der Waals surface area contributed by atoms with E-state index in [9.17, 15) is 0 Å². The fourth-order valence-corrected chi connectivity index (χ4v) is 2.48. The van der Waals surface area contributed by atoms with Gasteiger partial charge in [0.2, 0.25) is 0 Å². The second kappa shape index (κ2) is 5.78. The minimum Gasteiger partial charge on any atom is -0.371 e. The van der Waals surface area contributed by atoms with Gasteiger partial charge >= 0.3 is 0 Å². The number of rotatable bonds is 5. The molecule has 1 fully saturated rings. The molecule has 0 aromatic heterocycles. The maximum Gasteiger partial charge on any atom is 0.108 e. The predicted molar refractivity (Wildman–Crippen MR) is 79.9 cm³/mol. The molecule has 104 valence electrons. The summed E-state index contributed by atoms with van der Waals surface area (Å²) < 4.78 is 11.4. The normalized spacial score (nSPS) is 17.4. The largest absolute Gasteiger partial charge is 0.371 e. The Labute approximate surface area is 120 Å². The maximum atomic E-state index is 6.17. The Bertz CT molecular complexity index is 542. The van der Waals surface area contributed by atoms with Gasteiger partial charge in [-0.3, -0.25) is 0 Å². The Morgan fingerprint density at radius 2 is 1.50 bits per heavy atom. The molecule has 2 aromatic carbocycles. The summed E-state index contributed by atoms with van der Waals surface area (Å²) in [6.45, 7) is 5.76. The van der Waals surface area contributed by atoms with Gasteiger partial charge in [-0.25, -0.2) is 0 Å². The Morgan fingerprint density at radius 1 is 1.00 bits per heavy atom. The third-order valence-corrected chi connectivity index (χ3v) is 3.79. The van der Waals surface area contributed by atoms with E-state index in [1.807, 2.05) is 0 Å². The number of epoxide rings is 1. The molecule has 20 heavy (non-hydrogen) atoms. The van der Waals surface area contributed by atoms with Crippen LogP contribution in [0.15, 0.2) is 48.5 Å². The highest BCUT2D eigenvalue weighted by atomic mass is 16.6. The average molecular weight is 268 g/mol. The van der Waals surface area contributed by atoms with Crippen LogP contribution in [0.5, 0.6) is 0 Å². The molecule has 1 aliphatic rings. The fraction of sp³-hybridized carbons (Fsp3) is 0.333. The molecule has 1 atom stereocenters. The van der Waals surface area contributed by atoms with Gasteiger partial charge in [0.05, 0.1) is 13.2 Å². The van der Waals surface area contributed by atoms with E-state index in [0.717, 1.165) is 6.61 Å². The van der Waals surface area contributed by atoms with E-state index in [1.165, 1.54) is 22.3 Å². The zero-order valence-electron chi connectivity index (χ0n) is 12.0. The number of hydrogen-bond donors (Lipinski definition) is 0. The van der Waals surface area contributed by atoms with Crippen LogP contribution in [-0.4, -0.2) is 19.3 Å². The lowest BCUT2D eigenvalue weighted by atomic mass is 9.94. The van der Waals surface area contributed by atoms with Crippen molar-refractivity contribution in [2.45, 2.75) is 26.1 Å². The van der Waals surface area contributed by atoms with Gasteiger partial charge in [-0.2, -0.15) is 0 Å². The molecule has 1 unspecified atom stereocenters. The summed E-state index contributed by atoms with van der Waals surface area (Å²) in [5.74, 6) is 0. The van der Waals surface area contributed by atoms with Crippen LogP contribution in [0.1, 0.15) is 28.4 Å². The molecule has 0 amide bonds. The van der Waals surface area contributed by atoms with Crippen LogP contribution >= 0.6 is 0 Å². The molecule has 0 aliphatic carbocycles. The van der Waals surface area contributed by atoms with Crippen LogP contribution < -0.4 is 0 Å². The molecule has 0 bridgehead atoms. The molecule has 2 aromatic rings. The van der Waals surface area contributed by atoms with E-state index in [0.29, 0.717) is 6.61 Å². The topological polar surface area (TPSA) is 21.8 Å². The van der Waals surface area contributed by atoms with Crippen molar-refractivity contribution >= 4 is 0 Å². The maximum absolute atomic E-state index is 6.17. The van der Waals surface area contributed by atoms with E-state index < -0.39 is 0 Å². The van der Waals surface area contributed by atoms with Crippen LogP contribution in [-0.2, 0) is 9.47 Å². The Kier molecular flexibility index (Phi) is 3.86. The van der Waals surface area contributed by atoms with Crippen molar-refractivity contribution in [2.24, 2.45) is 0 Å². The molecule has 0 saturated carbocycles. The van der Waals surface area contributed by atoms with E-state index in [1.54, 1.807) is 0 Å². The predicted octanol–water partition coefficient (Wildman–Crippen LogP) is 3.81. The molecule has 1 aliphatic heterocycles. The Hall–Kier alpha value is -1.64. The zero-order valence-corrected chi connectivity index (χ0v) is 12.0. The van der Waals surface area contributed by atoms with E-state index in [4.69, 9.17) is 9.47 Å². The van der Waals surface area contributed by atoms with Crippen LogP contribution in [0.3, 0.4) is 0 Å². The van der Waals surface area contributed by atoms with Gasteiger partial charge in [0.15, 0.2) is 0 Å². The summed E-state index contributed by atoms with van der Waals surface area (Å²) >= 11 is 0. The highest BCUT2D eigenvalue weighted by molar-refractivity contribution is 5.38. The van der Waals surface area contributed by atoms with Gasteiger partial charge in [0.1, 0.15) is 12.2 Å². The summed E-state index contributed by atoms with van der Waals surface area (Å²) in [7, 11) is 0. The second-order valence-electron chi connectivity index (χ2n) is 5.38. The lowest BCUT2D eigenvalue weighted by Crippen LogP contribution is -2.12. The third-order valence-electron chi connectivity index (χ3n) is 3.79. The molecule has 0 spiro atoms. The van der Waals surface area contributed by atoms with Crippen molar-refractivity contribution < 1.29 is 9.47 Å². The summed E-state index contributed by atoms with van der Waals surface area (Å²) in [5, 5.41) is 0. The molecule has 1 heterocycles. The van der Waals surface area contributed by atoms with Crippen molar-refractivity contribution in [2.75, 3.05) is 13.2 Å². The first-order chi connectivity index (χ1) is 9.75. The van der Waals surface area contributed by atoms with E-state index >= 15 is 0 Å². The first-order valence-corrected chi connectivity index (χ1v) is 7.10. The fourth-order valence-electron chi connectivity index (χ4n) is 2.48. The smallest absolute Gasteiger partial charge is 0.108 e. The second-order valence-corrected chi connectivity index (χ2v) is 5.38. The first-order valence-electron chi connectivity index (χ1n) is 7.10. The molecule has 2 heteroatoms. The molecule has 1 saturated heterocycles. The summed E-state index contributed by atoms with van der Waals surface area (Å²) in [4.78, 5) is 0. The van der Waals surface area contributed by atoms with Crippen molar-refractivity contribution in [3.05, 3.63) is 70.8 Å². The minimum absolute atomic E-state index is 0.0124. The van der Waals surface area contributed by atoms with E-state index in [-0.39, 0.29) is 12.2 Å². The summed E-state index contributed by atoms with van der Waals surface area (Å²) in [5.41, 5.74) is 5.00. The van der Waals surface area contributed by atoms with Crippen molar-refractivity contribution in [1.29, 1.82) is 0 Å². The third kappa shape index (κ3) is 2.92. The van der Waals surface area contributed by atoms with Gasteiger partial charge in [0.25, 0.3) is 0 Å². The quantitative estimate of drug-likeness (QED) is 0.769. The summed E-state index contributed by atoms with van der Waals surface area (Å²) in [6.07, 6.45) is 0.270. The Morgan fingerprint density at radius 3 is 1.95 bits per heavy atom. The SMILES string of the molecule is Cc1ccccc1C(OCC1CO1)c1ccccc1C. The average Bonchev–Trinajstić information content (AvgIpc) is 3.27. The van der Waals surface area contributed by atoms with E-state index in [2.05, 4.69) is 62.4 Å². The van der Waals surface area contributed by atoms with Crippen LogP contribution in [0.4, 0.5) is 0 Å². The van der Waals surface area contributed by atoms with Crippen LogP contribution in [0, 0.1) is 13.8 Å². The Balaban J connectivity index is 1.94. The molecule has 2 nitrogen and oxygen atoms in total. The lowest BCUT2D eigenvalue weighted by molar-refractivity contribution is 0.0665. The molecule has 0 N–H and O–H groups in total. The van der Waals surface area contributed by atoms with Crippen molar-refractivity contribution in [1.82, 2.24) is 0 Å². The number of hydrogen-bond acceptors (Lipinski definition) is 2. The van der Waals surface area contributed by atoms with Crippen LogP contribution in [0.25, 0.3) is 0 Å². The molecule has 0 radical (unpaired) electrons. The molecule has 3 rings (SSSR count). The number of ether oxygens (including phenoxy) is 2. The van der Waals surface area contributed by atoms with Crippen LogP contribution in [0.2, 0.25) is 0 Å². The zero-order chi connectivity index (χ0) is 13.9. The summed E-state index contributed by atoms with van der Waals surface area (Å²) in [6, 6.07) is 16.9. The van der Waals surface area contributed by atoms with Crippen molar-refractivity contribution in [3.8, 4) is 0 Å². The standard InChI is InChI=1S/C18H20O2/c1-13-7-3-5-9-16(13)18(20-12-15-11-19-15)17-10-6-4-8-14(17)2/h3-10,15,18H,11-12H2,1-2H3. The number of benzene rings is 2. The first kappa shape index (κ1) is 13.3. The highest BCUT2D eigenvalue weighted by Gasteiger charge is 2.26. The lowest BCUT2D eigenvalue weighted by Gasteiger charge is -2.22. The molecular formula is C18H20O2. The van der Waals surface area contributed by atoms with Gasteiger partial charge in [-0.1, -0.05) is 48.5 Å². The van der Waals surface area contributed by atoms with Gasteiger partial charge in [-0.05, 0) is 36.1 Å². The van der Waals surface area contributed by atoms with Gasteiger partial charge in [-0.15, -0.1) is 0 Å². The highest BCUT2D eigenvalue weighted by Crippen LogP contribution is 2.31. The molecular weight excluding hydrogens is 248 g/mol. The van der Waals surface area contributed by atoms with Gasteiger partial charge < -0.3 is 9.47 Å². The minimum atomic E-state index is -0.0124. The number of aryl methyl sites for hydroxylation is 2. The monoisotopic (exact) mass is 268 g/mol. The van der Waals surface area contributed by atoms with Gasteiger partial charge in [0, 0.05) is 0 Å². The van der Waals surface area contributed by atoms with Crippen molar-refractivity contribution in [3.63, 3.8) is 0 Å².